The smallest absolute Gasteiger partial charge is 0.308 e. The number of fused-ring (bicyclic) bond motifs is 1. The lowest BCUT2D eigenvalue weighted by Gasteiger charge is -2.19. The molecular weight excluding hydrogens is 320 g/mol. The number of aliphatic carboxylic acids is 1. The molecule has 0 spiro atoms. The van der Waals surface area contributed by atoms with Crippen LogP contribution in [0.4, 0.5) is 0 Å². The molecule has 0 aliphatic carbocycles. The van der Waals surface area contributed by atoms with E-state index >= 15 is 0 Å². The van der Waals surface area contributed by atoms with Crippen LogP contribution in [0.15, 0.2) is 30.5 Å². The number of ether oxygens (including phenoxy) is 1. The van der Waals surface area contributed by atoms with Crippen molar-refractivity contribution in [2.24, 2.45) is 5.92 Å². The van der Waals surface area contributed by atoms with E-state index in [0.29, 0.717) is 16.3 Å². The fourth-order valence-electron chi connectivity index (χ4n) is 2.07. The first-order valence-electron chi connectivity index (χ1n) is 7.03. The highest BCUT2D eigenvalue weighted by molar-refractivity contribution is 6.35. The van der Waals surface area contributed by atoms with Crippen LogP contribution in [0.25, 0.3) is 10.9 Å². The molecule has 1 heterocycles. The first-order chi connectivity index (χ1) is 10.9. The van der Waals surface area contributed by atoms with Gasteiger partial charge in [-0.3, -0.25) is 14.6 Å². The van der Waals surface area contributed by atoms with E-state index < -0.39 is 11.9 Å². The van der Waals surface area contributed by atoms with Crippen molar-refractivity contribution in [1.82, 2.24) is 9.88 Å². The molecule has 0 saturated carbocycles. The van der Waals surface area contributed by atoms with Gasteiger partial charge in [-0.1, -0.05) is 18.5 Å². The summed E-state index contributed by atoms with van der Waals surface area (Å²) < 4.78 is 5.54. The molecular formula is C16H17ClN2O4. The van der Waals surface area contributed by atoms with Crippen LogP contribution in [0, 0.1) is 5.92 Å². The van der Waals surface area contributed by atoms with Crippen LogP contribution in [0.5, 0.6) is 5.75 Å². The quantitative estimate of drug-likeness (QED) is 0.876. The van der Waals surface area contributed by atoms with Crippen molar-refractivity contribution in [3.8, 4) is 5.75 Å². The lowest BCUT2D eigenvalue weighted by atomic mass is 10.2. The Morgan fingerprint density at radius 1 is 1.39 bits per heavy atom. The number of hydrogen-bond donors (Lipinski definition) is 1. The van der Waals surface area contributed by atoms with E-state index in [1.165, 1.54) is 4.90 Å². The predicted molar refractivity (Wildman–Crippen MR) is 86.7 cm³/mol. The number of likely N-dealkylation sites (N-methyl/N-ethyl adjacent to an activating group) is 1. The molecule has 1 N–H and O–H groups in total. The summed E-state index contributed by atoms with van der Waals surface area (Å²) in [6, 6.07) is 6.93. The van der Waals surface area contributed by atoms with Gasteiger partial charge in [-0.2, -0.15) is 0 Å². The molecule has 1 aromatic heterocycles. The summed E-state index contributed by atoms with van der Waals surface area (Å²) in [4.78, 5) is 28.4. The normalized spacial score (nSPS) is 12.0. The summed E-state index contributed by atoms with van der Waals surface area (Å²) >= 11 is 6.10. The molecule has 1 atom stereocenters. The lowest BCUT2D eigenvalue weighted by Crippen LogP contribution is -2.36. The van der Waals surface area contributed by atoms with Crippen molar-refractivity contribution >= 4 is 34.4 Å². The number of hydrogen-bond acceptors (Lipinski definition) is 4. The Hall–Kier alpha value is -2.34. The van der Waals surface area contributed by atoms with E-state index in [4.69, 9.17) is 21.4 Å². The molecule has 0 radical (unpaired) electrons. The fraction of sp³-hybridized carbons (Fsp3) is 0.312. The molecule has 0 aliphatic heterocycles. The highest BCUT2D eigenvalue weighted by Gasteiger charge is 2.18. The van der Waals surface area contributed by atoms with E-state index in [9.17, 15) is 9.59 Å². The average molecular weight is 337 g/mol. The third-order valence-corrected chi connectivity index (χ3v) is 3.76. The van der Waals surface area contributed by atoms with Gasteiger partial charge in [0.25, 0.3) is 5.91 Å². The summed E-state index contributed by atoms with van der Waals surface area (Å²) in [5.74, 6) is -1.43. The van der Waals surface area contributed by atoms with E-state index in [2.05, 4.69) is 4.98 Å². The number of carbonyl (C=O) groups excluding carboxylic acids is 1. The summed E-state index contributed by atoms with van der Waals surface area (Å²) in [6.45, 7) is 1.47. The monoisotopic (exact) mass is 336 g/mol. The van der Waals surface area contributed by atoms with Crippen LogP contribution in [0.2, 0.25) is 5.02 Å². The minimum absolute atomic E-state index is 0.122. The summed E-state index contributed by atoms with van der Waals surface area (Å²) in [5, 5.41) is 10.2. The van der Waals surface area contributed by atoms with Gasteiger partial charge in [-0.15, -0.1) is 0 Å². The third-order valence-electron chi connectivity index (χ3n) is 3.43. The molecule has 1 unspecified atom stereocenters. The minimum atomic E-state index is -0.946. The molecule has 122 valence electrons. The number of benzene rings is 1. The number of carboxylic acid groups (broad SMARTS) is 1. The number of carboxylic acids is 1. The van der Waals surface area contributed by atoms with E-state index in [0.717, 1.165) is 5.39 Å². The maximum Gasteiger partial charge on any atom is 0.308 e. The van der Waals surface area contributed by atoms with Gasteiger partial charge in [0.2, 0.25) is 0 Å². The number of rotatable bonds is 6. The highest BCUT2D eigenvalue weighted by atomic mass is 35.5. The number of amides is 1. The summed E-state index contributed by atoms with van der Waals surface area (Å²) in [7, 11) is 1.54. The Kier molecular flexibility index (Phi) is 5.39. The van der Waals surface area contributed by atoms with Gasteiger partial charge in [0.15, 0.2) is 6.61 Å². The largest absolute Gasteiger partial charge is 0.481 e. The van der Waals surface area contributed by atoms with Crippen LogP contribution in [-0.4, -0.2) is 47.1 Å². The van der Waals surface area contributed by atoms with Crippen LogP contribution in [0.3, 0.4) is 0 Å². The molecule has 6 nitrogen and oxygen atoms in total. The first kappa shape index (κ1) is 17.0. The summed E-state index contributed by atoms with van der Waals surface area (Å²) in [6.07, 6.45) is 1.62. The molecule has 23 heavy (non-hydrogen) atoms. The van der Waals surface area contributed by atoms with E-state index in [-0.39, 0.29) is 19.1 Å². The van der Waals surface area contributed by atoms with Crippen LogP contribution in [0.1, 0.15) is 6.92 Å². The van der Waals surface area contributed by atoms with E-state index in [1.807, 2.05) is 6.07 Å². The molecule has 0 saturated heterocycles. The molecule has 0 fully saturated rings. The van der Waals surface area contributed by atoms with Gasteiger partial charge in [0.1, 0.15) is 11.3 Å². The standard InChI is InChI=1S/C16H17ClN2O4/c1-10(16(21)22)8-19(2)14(20)9-23-13-6-5-12(17)11-4-3-7-18-15(11)13/h3-7,10H,8-9H2,1-2H3,(H,21,22). The lowest BCUT2D eigenvalue weighted by molar-refractivity contribution is -0.143. The molecule has 0 aliphatic rings. The molecule has 2 rings (SSSR count). The number of halogens is 1. The number of aromatic nitrogens is 1. The molecule has 1 aromatic carbocycles. The Morgan fingerprint density at radius 3 is 2.83 bits per heavy atom. The van der Waals surface area contributed by atoms with Gasteiger partial charge in [0.05, 0.1) is 10.9 Å². The Morgan fingerprint density at radius 2 is 2.13 bits per heavy atom. The third kappa shape index (κ3) is 4.10. The zero-order chi connectivity index (χ0) is 17.0. The molecule has 2 aromatic rings. The number of carbonyl (C=O) groups is 2. The van der Waals surface area contributed by atoms with Crippen molar-refractivity contribution in [3.05, 3.63) is 35.5 Å². The maximum atomic E-state index is 12.0. The van der Waals surface area contributed by atoms with Crippen LogP contribution < -0.4 is 4.74 Å². The summed E-state index contributed by atoms with van der Waals surface area (Å²) in [5.41, 5.74) is 0.578. The van der Waals surface area contributed by atoms with Gasteiger partial charge in [0, 0.05) is 25.2 Å². The second-order valence-corrected chi connectivity index (χ2v) is 5.65. The molecule has 7 heteroatoms. The highest BCUT2D eigenvalue weighted by Crippen LogP contribution is 2.29. The number of pyridine rings is 1. The SMILES string of the molecule is CC(CN(C)C(=O)COc1ccc(Cl)c2cccnc12)C(=O)O. The fourth-order valence-corrected chi connectivity index (χ4v) is 2.28. The van der Waals surface area contributed by atoms with E-state index in [1.54, 1.807) is 38.4 Å². The van der Waals surface area contributed by atoms with Gasteiger partial charge < -0.3 is 14.7 Å². The van der Waals surface area contributed by atoms with Crippen molar-refractivity contribution in [2.45, 2.75) is 6.92 Å². The second-order valence-electron chi connectivity index (χ2n) is 5.25. The predicted octanol–water partition coefficient (Wildman–Crippen LogP) is 2.45. The van der Waals surface area contributed by atoms with Crippen LogP contribution >= 0.6 is 11.6 Å². The molecule has 1 amide bonds. The van der Waals surface area contributed by atoms with Gasteiger partial charge >= 0.3 is 5.97 Å². The van der Waals surface area contributed by atoms with Crippen molar-refractivity contribution < 1.29 is 19.4 Å². The first-order valence-corrected chi connectivity index (χ1v) is 7.40. The van der Waals surface area contributed by atoms with Gasteiger partial charge in [-0.25, -0.2) is 0 Å². The van der Waals surface area contributed by atoms with Crippen molar-refractivity contribution in [2.75, 3.05) is 20.2 Å². The minimum Gasteiger partial charge on any atom is -0.481 e. The van der Waals surface area contributed by atoms with Gasteiger partial charge in [-0.05, 0) is 24.3 Å². The average Bonchev–Trinajstić information content (AvgIpc) is 2.54. The zero-order valence-electron chi connectivity index (χ0n) is 12.8. The Balaban J connectivity index is 2.05. The topological polar surface area (TPSA) is 79.7 Å². The van der Waals surface area contributed by atoms with Crippen molar-refractivity contribution in [1.29, 1.82) is 0 Å². The Bertz CT molecular complexity index is 735. The maximum absolute atomic E-state index is 12.0. The number of nitrogens with zero attached hydrogens (tertiary/aromatic N) is 2. The van der Waals surface area contributed by atoms with Crippen LogP contribution in [-0.2, 0) is 9.59 Å². The molecule has 0 bridgehead atoms. The van der Waals surface area contributed by atoms with Crippen molar-refractivity contribution in [3.63, 3.8) is 0 Å². The second kappa shape index (κ2) is 7.28. The zero-order valence-corrected chi connectivity index (χ0v) is 13.6. The Labute approximate surface area is 138 Å².